The fraction of sp³-hybridized carbons (Fsp3) is 0.0714. The molecule has 0 aromatic heterocycles. The number of hydrogen-bond donors (Lipinski definition) is 1. The van der Waals surface area contributed by atoms with Gasteiger partial charge in [0.1, 0.15) is 5.82 Å². The molecule has 0 aliphatic carbocycles. The highest BCUT2D eigenvalue weighted by molar-refractivity contribution is 6.33. The summed E-state index contributed by atoms with van der Waals surface area (Å²) in [6, 6.07) is 11.5. The van der Waals surface area contributed by atoms with Crippen LogP contribution in [0.15, 0.2) is 36.4 Å². The molecular formula is C14H9Cl2FN2. The number of nitrogens with one attached hydrogen (secondary N) is 1. The lowest BCUT2D eigenvalue weighted by Crippen LogP contribution is -2.00. The third-order valence-corrected chi connectivity index (χ3v) is 3.17. The Balaban J connectivity index is 2.10. The molecule has 0 saturated heterocycles. The number of anilines is 1. The van der Waals surface area contributed by atoms with Gasteiger partial charge in [-0.1, -0.05) is 29.3 Å². The normalized spacial score (nSPS) is 10.0. The van der Waals surface area contributed by atoms with Crippen molar-refractivity contribution >= 4 is 28.9 Å². The third-order valence-electron chi connectivity index (χ3n) is 2.57. The van der Waals surface area contributed by atoms with Gasteiger partial charge >= 0.3 is 0 Å². The summed E-state index contributed by atoms with van der Waals surface area (Å²) in [7, 11) is 0. The van der Waals surface area contributed by atoms with Crippen LogP contribution in [0.5, 0.6) is 0 Å². The van der Waals surface area contributed by atoms with Crippen LogP contribution in [0.4, 0.5) is 10.1 Å². The van der Waals surface area contributed by atoms with Crippen LogP contribution in [0, 0.1) is 17.1 Å². The number of nitriles is 1. The van der Waals surface area contributed by atoms with Gasteiger partial charge in [0.25, 0.3) is 0 Å². The highest BCUT2D eigenvalue weighted by Gasteiger charge is 2.04. The smallest absolute Gasteiger partial charge is 0.141 e. The van der Waals surface area contributed by atoms with E-state index in [0.717, 1.165) is 5.56 Å². The first kappa shape index (κ1) is 13.7. The lowest BCUT2D eigenvalue weighted by molar-refractivity contribution is 0.627. The van der Waals surface area contributed by atoms with Gasteiger partial charge in [0.15, 0.2) is 0 Å². The quantitative estimate of drug-likeness (QED) is 0.897. The Morgan fingerprint density at radius 3 is 2.53 bits per heavy atom. The summed E-state index contributed by atoms with van der Waals surface area (Å²) in [5.74, 6) is -0.443. The minimum atomic E-state index is -0.443. The van der Waals surface area contributed by atoms with E-state index in [9.17, 15) is 4.39 Å². The van der Waals surface area contributed by atoms with Crippen molar-refractivity contribution in [2.45, 2.75) is 6.54 Å². The monoisotopic (exact) mass is 294 g/mol. The topological polar surface area (TPSA) is 35.8 Å². The third kappa shape index (κ3) is 3.37. The van der Waals surface area contributed by atoms with Crippen molar-refractivity contribution in [2.24, 2.45) is 0 Å². The Hall–Kier alpha value is -1.76. The zero-order valence-corrected chi connectivity index (χ0v) is 11.3. The summed E-state index contributed by atoms with van der Waals surface area (Å²) in [6.45, 7) is 0.464. The van der Waals surface area contributed by atoms with Crippen LogP contribution in [-0.4, -0.2) is 0 Å². The highest BCUT2D eigenvalue weighted by atomic mass is 35.5. The van der Waals surface area contributed by atoms with E-state index in [1.165, 1.54) is 6.07 Å². The van der Waals surface area contributed by atoms with E-state index in [4.69, 9.17) is 28.5 Å². The van der Waals surface area contributed by atoms with E-state index in [0.29, 0.717) is 22.8 Å². The number of benzene rings is 2. The molecule has 2 nitrogen and oxygen atoms in total. The van der Waals surface area contributed by atoms with Crippen LogP contribution in [-0.2, 0) is 6.54 Å². The molecule has 0 amide bonds. The minimum absolute atomic E-state index is 0.0882. The summed E-state index contributed by atoms with van der Waals surface area (Å²) < 4.78 is 13.0. The van der Waals surface area contributed by atoms with Gasteiger partial charge in [-0.05, 0) is 35.9 Å². The molecule has 0 spiro atoms. The van der Waals surface area contributed by atoms with Crippen LogP contribution in [0.2, 0.25) is 10.0 Å². The molecule has 0 aliphatic rings. The summed E-state index contributed by atoms with van der Waals surface area (Å²) in [6.07, 6.45) is 0. The first-order valence-corrected chi connectivity index (χ1v) is 6.23. The Morgan fingerprint density at radius 1 is 1.11 bits per heavy atom. The Labute approximate surface area is 120 Å². The van der Waals surface area contributed by atoms with Gasteiger partial charge in [-0.2, -0.15) is 5.26 Å². The van der Waals surface area contributed by atoms with Crippen LogP contribution in [0.1, 0.15) is 11.1 Å². The van der Waals surface area contributed by atoms with Gasteiger partial charge < -0.3 is 5.32 Å². The largest absolute Gasteiger partial charge is 0.380 e. The first-order valence-electron chi connectivity index (χ1n) is 5.47. The number of rotatable bonds is 3. The SMILES string of the molecule is N#Cc1ccc(NCc2ccc(F)c(Cl)c2)c(Cl)c1. The molecule has 2 aromatic rings. The summed E-state index contributed by atoms with van der Waals surface area (Å²) in [4.78, 5) is 0. The molecule has 0 aliphatic heterocycles. The van der Waals surface area contributed by atoms with Crippen molar-refractivity contribution in [2.75, 3.05) is 5.32 Å². The molecule has 96 valence electrons. The lowest BCUT2D eigenvalue weighted by atomic mass is 10.2. The second kappa shape index (κ2) is 5.92. The van der Waals surface area contributed by atoms with E-state index < -0.39 is 5.82 Å². The van der Waals surface area contributed by atoms with Crippen molar-refractivity contribution in [1.82, 2.24) is 0 Å². The molecule has 0 atom stereocenters. The zero-order chi connectivity index (χ0) is 13.8. The first-order chi connectivity index (χ1) is 9.10. The average molecular weight is 295 g/mol. The van der Waals surface area contributed by atoms with Crippen molar-refractivity contribution < 1.29 is 4.39 Å². The van der Waals surface area contributed by atoms with Gasteiger partial charge in [0, 0.05) is 6.54 Å². The van der Waals surface area contributed by atoms with Gasteiger partial charge in [0.05, 0.1) is 27.4 Å². The summed E-state index contributed by atoms with van der Waals surface area (Å²) in [5.41, 5.74) is 2.05. The average Bonchev–Trinajstić information content (AvgIpc) is 2.41. The molecule has 0 fully saturated rings. The summed E-state index contributed by atoms with van der Waals surface area (Å²) in [5, 5.41) is 12.4. The van der Waals surface area contributed by atoms with Crippen LogP contribution >= 0.6 is 23.2 Å². The molecule has 2 aromatic carbocycles. The van der Waals surface area contributed by atoms with Crippen molar-refractivity contribution in [3.8, 4) is 6.07 Å². The van der Waals surface area contributed by atoms with Crippen molar-refractivity contribution in [1.29, 1.82) is 5.26 Å². The molecule has 0 bridgehead atoms. The van der Waals surface area contributed by atoms with Crippen LogP contribution in [0.25, 0.3) is 0 Å². The van der Waals surface area contributed by atoms with Gasteiger partial charge in [0.2, 0.25) is 0 Å². The molecule has 0 radical (unpaired) electrons. The van der Waals surface area contributed by atoms with E-state index in [1.54, 1.807) is 30.3 Å². The number of nitrogens with zero attached hydrogens (tertiary/aromatic N) is 1. The maximum absolute atomic E-state index is 13.0. The fourth-order valence-corrected chi connectivity index (χ4v) is 2.03. The standard InChI is InChI=1S/C14H9Cl2FN2/c15-11-6-10(1-3-13(11)17)8-19-14-4-2-9(7-18)5-12(14)16/h1-6,19H,8H2. The van der Waals surface area contributed by atoms with E-state index in [-0.39, 0.29) is 5.02 Å². The predicted octanol–water partition coefficient (Wildman–Crippen LogP) is 4.62. The molecule has 5 heteroatoms. The molecule has 2 rings (SSSR count). The Morgan fingerprint density at radius 2 is 1.89 bits per heavy atom. The molecule has 19 heavy (non-hydrogen) atoms. The predicted molar refractivity (Wildman–Crippen MR) is 74.9 cm³/mol. The Bertz CT molecular complexity index is 650. The molecule has 0 heterocycles. The zero-order valence-electron chi connectivity index (χ0n) is 9.75. The van der Waals surface area contributed by atoms with Gasteiger partial charge in [-0.25, -0.2) is 4.39 Å². The summed E-state index contributed by atoms with van der Waals surface area (Å²) >= 11 is 11.7. The molecule has 0 unspecified atom stereocenters. The van der Waals surface area contributed by atoms with Crippen LogP contribution < -0.4 is 5.32 Å². The number of hydrogen-bond acceptors (Lipinski definition) is 2. The van der Waals surface area contributed by atoms with E-state index >= 15 is 0 Å². The second-order valence-corrected chi connectivity index (χ2v) is 4.72. The van der Waals surface area contributed by atoms with Gasteiger partial charge in [-0.3, -0.25) is 0 Å². The maximum atomic E-state index is 13.0. The van der Waals surface area contributed by atoms with Crippen molar-refractivity contribution in [3.05, 3.63) is 63.4 Å². The molecular weight excluding hydrogens is 286 g/mol. The highest BCUT2D eigenvalue weighted by Crippen LogP contribution is 2.24. The van der Waals surface area contributed by atoms with Crippen molar-refractivity contribution in [3.63, 3.8) is 0 Å². The molecule has 0 saturated carbocycles. The minimum Gasteiger partial charge on any atom is -0.380 e. The fourth-order valence-electron chi connectivity index (χ4n) is 1.57. The molecule has 1 N–H and O–H groups in total. The van der Waals surface area contributed by atoms with E-state index in [1.807, 2.05) is 6.07 Å². The maximum Gasteiger partial charge on any atom is 0.141 e. The number of halogens is 3. The second-order valence-electron chi connectivity index (χ2n) is 3.91. The Kier molecular flexibility index (Phi) is 4.26. The lowest BCUT2D eigenvalue weighted by Gasteiger charge is -2.09. The van der Waals surface area contributed by atoms with E-state index in [2.05, 4.69) is 5.32 Å². The van der Waals surface area contributed by atoms with Crippen LogP contribution in [0.3, 0.4) is 0 Å². The van der Waals surface area contributed by atoms with Gasteiger partial charge in [-0.15, -0.1) is 0 Å².